The fraction of sp³-hybridized carbons (Fsp3) is 0. The fourth-order valence-electron chi connectivity index (χ4n) is 2.51. The van der Waals surface area contributed by atoms with Gasteiger partial charge in [0.1, 0.15) is 11.5 Å². The van der Waals surface area contributed by atoms with Gasteiger partial charge in [-0.1, -0.05) is 0 Å². The number of aliphatic imine (C=N–C) groups is 2. The standard InChI is InChI=1S/C18H10N6O9.2ClH.Fe/c25-21(26)13-3-11(4-14(7-13)22(27)28)19-9-17-1-2-18(33-17)10-20-12-5-15(23(29)30)8-16(6-12)24(31)32;;;/h1-10H;2*1H;/q;;;+2/p-2. The molecule has 0 aliphatic rings. The van der Waals surface area contributed by atoms with E-state index in [1.54, 1.807) is 0 Å². The van der Waals surface area contributed by atoms with Gasteiger partial charge in [-0.2, -0.15) is 0 Å². The first-order chi connectivity index (χ1) is 17.0. The van der Waals surface area contributed by atoms with Crippen molar-refractivity contribution in [2.45, 2.75) is 0 Å². The molecule has 1 aromatic heterocycles. The van der Waals surface area contributed by atoms with Gasteiger partial charge in [0, 0.05) is 24.3 Å². The summed E-state index contributed by atoms with van der Waals surface area (Å²) in [7, 11) is 9.53. The van der Waals surface area contributed by atoms with E-state index >= 15 is 0 Å². The van der Waals surface area contributed by atoms with Crippen LogP contribution in [0.15, 0.2) is 62.9 Å². The van der Waals surface area contributed by atoms with Crippen molar-refractivity contribution in [2.75, 3.05) is 0 Å². The van der Waals surface area contributed by atoms with Crippen LogP contribution in [-0.2, 0) is 13.1 Å². The van der Waals surface area contributed by atoms with Crippen LogP contribution in [-0.4, -0.2) is 32.1 Å². The van der Waals surface area contributed by atoms with Gasteiger partial charge in [-0.05, 0) is 12.1 Å². The Morgan fingerprint density at radius 1 is 0.639 bits per heavy atom. The van der Waals surface area contributed by atoms with Crippen LogP contribution in [0.4, 0.5) is 34.1 Å². The summed E-state index contributed by atoms with van der Waals surface area (Å²) in [5.74, 6) is 0.325. The maximum absolute atomic E-state index is 10.9. The van der Waals surface area contributed by atoms with E-state index in [9.17, 15) is 40.5 Å². The maximum atomic E-state index is 10.9. The van der Waals surface area contributed by atoms with E-state index in [4.69, 9.17) is 24.6 Å². The van der Waals surface area contributed by atoms with E-state index in [1.807, 2.05) is 0 Å². The molecule has 0 saturated heterocycles. The van der Waals surface area contributed by atoms with Crippen molar-refractivity contribution < 1.29 is 37.2 Å². The van der Waals surface area contributed by atoms with Gasteiger partial charge in [0.15, 0.2) is 0 Å². The molecule has 0 fully saturated rings. The molecular weight excluding hydrogens is 571 g/mol. The Hall–Kier alpha value is -4.24. The predicted octanol–water partition coefficient (Wildman–Crippen LogP) is 5.79. The first-order valence-electron chi connectivity index (χ1n) is 8.95. The van der Waals surface area contributed by atoms with Crippen molar-refractivity contribution in [2.24, 2.45) is 9.98 Å². The minimum absolute atomic E-state index is 0.0496. The summed E-state index contributed by atoms with van der Waals surface area (Å²) in [5, 5.41) is 43.7. The molecule has 0 amide bonds. The number of nitro groups is 4. The van der Waals surface area contributed by atoms with Crippen molar-refractivity contribution in [1.29, 1.82) is 0 Å². The monoisotopic (exact) mass is 580 g/mol. The number of nitro benzene ring substituents is 4. The number of hydrogen-bond donors (Lipinski definition) is 0. The number of nitrogens with zero attached hydrogens (tertiary/aromatic N) is 6. The Morgan fingerprint density at radius 3 is 1.17 bits per heavy atom. The molecule has 0 N–H and O–H groups in total. The molecule has 36 heavy (non-hydrogen) atoms. The molecule has 0 radical (unpaired) electrons. The first kappa shape index (κ1) is 28.0. The molecule has 0 atom stereocenters. The summed E-state index contributed by atoms with van der Waals surface area (Å²) in [6.07, 6.45) is 2.33. The van der Waals surface area contributed by atoms with E-state index in [0.717, 1.165) is 36.4 Å². The average molecular weight is 581 g/mol. The Labute approximate surface area is 214 Å². The van der Waals surface area contributed by atoms with E-state index in [1.165, 1.54) is 24.6 Å². The second kappa shape index (κ2) is 13.0. The van der Waals surface area contributed by atoms with Crippen molar-refractivity contribution in [1.82, 2.24) is 0 Å². The molecule has 3 rings (SSSR count). The average Bonchev–Trinajstić information content (AvgIpc) is 3.29. The molecule has 15 nitrogen and oxygen atoms in total. The van der Waals surface area contributed by atoms with Crippen LogP contribution in [0, 0.1) is 40.5 Å². The SMILES string of the molecule is O=[N+]([O-])c1cc(N=Cc2ccc(C=Nc3cc([N+](=O)[O-])cc([N+](=O)[O-])c3)o2)cc([N+](=O)[O-])c1.[Cl][Fe][Cl]. The molecule has 188 valence electrons. The molecule has 18 heteroatoms. The quantitative estimate of drug-likeness (QED) is 0.136. The number of rotatable bonds is 8. The Bertz CT molecular complexity index is 1210. The zero-order valence-corrected chi connectivity index (χ0v) is 19.9. The van der Waals surface area contributed by atoms with Crippen LogP contribution in [0.25, 0.3) is 0 Å². The van der Waals surface area contributed by atoms with Crippen molar-refractivity contribution in [3.05, 3.63) is 101 Å². The Morgan fingerprint density at radius 2 is 0.917 bits per heavy atom. The summed E-state index contributed by atoms with van der Waals surface area (Å²) in [6.45, 7) is 0. The molecule has 3 aromatic rings. The number of halogens is 2. The summed E-state index contributed by atoms with van der Waals surface area (Å²) >= 11 is 0.194. The molecule has 0 bridgehead atoms. The molecule has 0 saturated carbocycles. The van der Waals surface area contributed by atoms with Gasteiger partial charge >= 0.3 is 33.3 Å². The second-order valence-corrected chi connectivity index (χ2v) is 8.07. The van der Waals surface area contributed by atoms with Gasteiger partial charge in [-0.15, -0.1) is 0 Å². The molecule has 0 aliphatic carbocycles. The van der Waals surface area contributed by atoms with Crippen LogP contribution in [0.1, 0.15) is 11.5 Å². The van der Waals surface area contributed by atoms with Gasteiger partial charge in [-0.3, -0.25) is 50.4 Å². The normalized spacial score (nSPS) is 10.8. The number of non-ortho nitro benzene ring substituents is 4. The minimum atomic E-state index is -0.786. The van der Waals surface area contributed by atoms with Gasteiger partial charge in [0.25, 0.3) is 22.7 Å². The molecule has 0 spiro atoms. The fourth-order valence-corrected chi connectivity index (χ4v) is 2.51. The predicted molar refractivity (Wildman–Crippen MR) is 124 cm³/mol. The van der Waals surface area contributed by atoms with Crippen LogP contribution in [0.3, 0.4) is 0 Å². The summed E-state index contributed by atoms with van der Waals surface area (Å²) in [6, 6.07) is 8.69. The third-order valence-corrected chi connectivity index (χ3v) is 3.95. The second-order valence-electron chi connectivity index (χ2n) is 6.25. The summed E-state index contributed by atoms with van der Waals surface area (Å²) in [5.41, 5.74) is -2.12. The van der Waals surface area contributed by atoms with Gasteiger partial charge in [-0.25, -0.2) is 0 Å². The van der Waals surface area contributed by atoms with Gasteiger partial charge in [0.2, 0.25) is 0 Å². The van der Waals surface area contributed by atoms with E-state index in [2.05, 4.69) is 9.98 Å². The third-order valence-electron chi connectivity index (χ3n) is 3.95. The molecule has 2 aromatic carbocycles. The Kier molecular flexibility index (Phi) is 10.1. The molecule has 0 aliphatic heterocycles. The number of benzene rings is 2. The van der Waals surface area contributed by atoms with E-state index in [-0.39, 0.29) is 36.0 Å². The number of hydrogen-bond acceptors (Lipinski definition) is 11. The number of furan rings is 1. The zero-order chi connectivity index (χ0) is 26.8. The van der Waals surface area contributed by atoms with Gasteiger partial charge in [0.05, 0.1) is 55.6 Å². The molecular formula is C18H10Cl2FeN6O9. The van der Waals surface area contributed by atoms with Crippen LogP contribution in [0.5, 0.6) is 0 Å². The topological polar surface area (TPSA) is 210 Å². The van der Waals surface area contributed by atoms with E-state index < -0.39 is 42.4 Å². The Balaban J connectivity index is 0.00000145. The van der Waals surface area contributed by atoms with Crippen molar-refractivity contribution >= 4 is 66.7 Å². The summed E-state index contributed by atoms with van der Waals surface area (Å²) in [4.78, 5) is 48.5. The summed E-state index contributed by atoms with van der Waals surface area (Å²) < 4.78 is 5.40. The van der Waals surface area contributed by atoms with Gasteiger partial charge < -0.3 is 4.42 Å². The van der Waals surface area contributed by atoms with Crippen molar-refractivity contribution in [3.8, 4) is 0 Å². The molecule has 1 heterocycles. The van der Waals surface area contributed by atoms with Crippen LogP contribution >= 0.6 is 20.2 Å². The van der Waals surface area contributed by atoms with Crippen LogP contribution < -0.4 is 0 Å². The van der Waals surface area contributed by atoms with Crippen LogP contribution in [0.2, 0.25) is 0 Å². The third kappa shape index (κ3) is 8.21. The van der Waals surface area contributed by atoms with Crippen molar-refractivity contribution in [3.63, 3.8) is 0 Å². The molecule has 0 unspecified atom stereocenters. The zero-order valence-electron chi connectivity index (χ0n) is 17.2. The van der Waals surface area contributed by atoms with E-state index in [0.29, 0.717) is 0 Å². The first-order valence-corrected chi connectivity index (χ1v) is 12.0.